The predicted molar refractivity (Wildman–Crippen MR) is 38.2 cm³/mol. The van der Waals surface area contributed by atoms with Gasteiger partial charge in [0.1, 0.15) is 5.52 Å². The van der Waals surface area contributed by atoms with Crippen LogP contribution in [0.25, 0.3) is 11.2 Å². The van der Waals surface area contributed by atoms with Gasteiger partial charge in [0.05, 0.1) is 7.11 Å². The minimum absolute atomic E-state index is 0.548. The third-order valence-corrected chi connectivity index (χ3v) is 1.36. The lowest BCUT2D eigenvalue weighted by atomic mass is 10.4. The van der Waals surface area contributed by atoms with Crippen molar-refractivity contribution < 1.29 is 4.74 Å². The smallest absolute Gasteiger partial charge is 0.215 e. The van der Waals surface area contributed by atoms with E-state index in [4.69, 9.17) is 4.74 Å². The lowest BCUT2D eigenvalue weighted by molar-refractivity contribution is 0.399. The summed E-state index contributed by atoms with van der Waals surface area (Å²) in [5, 5.41) is 10.1. The summed E-state index contributed by atoms with van der Waals surface area (Å²) in [6.07, 6.45) is 0. The monoisotopic (exact) mass is 150 g/mol. The highest BCUT2D eigenvalue weighted by Gasteiger charge is 1.99. The second-order valence-corrected chi connectivity index (χ2v) is 2.02. The van der Waals surface area contributed by atoms with E-state index >= 15 is 0 Å². The molecule has 11 heavy (non-hydrogen) atoms. The molecule has 2 heterocycles. The molecule has 0 fully saturated rings. The van der Waals surface area contributed by atoms with E-state index in [2.05, 4.69) is 20.4 Å². The van der Waals surface area contributed by atoms with E-state index in [9.17, 15) is 0 Å². The molecule has 0 amide bonds. The van der Waals surface area contributed by atoms with Crippen molar-refractivity contribution in [2.45, 2.75) is 0 Å². The molecule has 1 N–H and O–H groups in total. The van der Waals surface area contributed by atoms with Gasteiger partial charge in [-0.3, -0.25) is 0 Å². The van der Waals surface area contributed by atoms with Crippen molar-refractivity contribution in [1.82, 2.24) is 20.4 Å². The van der Waals surface area contributed by atoms with E-state index in [1.807, 2.05) is 0 Å². The topological polar surface area (TPSA) is 63.7 Å². The van der Waals surface area contributed by atoms with Crippen LogP contribution >= 0.6 is 0 Å². The Hall–Kier alpha value is -1.65. The first kappa shape index (κ1) is 6.09. The molecule has 0 unspecified atom stereocenters. The number of H-pyrrole nitrogens is 1. The molecule has 0 saturated carbocycles. The molecule has 0 aliphatic carbocycles. The van der Waals surface area contributed by atoms with Gasteiger partial charge in [-0.15, -0.1) is 5.10 Å². The van der Waals surface area contributed by atoms with E-state index in [-0.39, 0.29) is 0 Å². The lowest BCUT2D eigenvalue weighted by Crippen LogP contribution is -1.86. The zero-order valence-corrected chi connectivity index (χ0v) is 5.90. The van der Waals surface area contributed by atoms with Crippen molar-refractivity contribution in [1.29, 1.82) is 0 Å². The van der Waals surface area contributed by atoms with Gasteiger partial charge in [0.25, 0.3) is 0 Å². The third-order valence-electron chi connectivity index (χ3n) is 1.36. The Labute approximate surface area is 62.4 Å². The Kier molecular flexibility index (Phi) is 1.21. The molecule has 5 nitrogen and oxygen atoms in total. The molecule has 0 radical (unpaired) electrons. The third kappa shape index (κ3) is 0.899. The largest absolute Gasteiger partial charge is 0.481 e. The van der Waals surface area contributed by atoms with Crippen molar-refractivity contribution in [2.75, 3.05) is 7.11 Å². The molecular formula is C6H6N4O. The van der Waals surface area contributed by atoms with Gasteiger partial charge in [-0.05, 0) is 6.07 Å². The molecule has 2 aromatic rings. The first-order chi connectivity index (χ1) is 5.40. The van der Waals surface area contributed by atoms with Gasteiger partial charge in [0.2, 0.25) is 11.5 Å². The summed E-state index contributed by atoms with van der Waals surface area (Å²) in [6.45, 7) is 0. The molecule has 5 heteroatoms. The highest BCUT2D eigenvalue weighted by molar-refractivity contribution is 5.69. The number of methoxy groups -OCH3 is 1. The van der Waals surface area contributed by atoms with Crippen molar-refractivity contribution in [3.8, 4) is 5.88 Å². The predicted octanol–water partition coefficient (Wildman–Crippen LogP) is 0.361. The molecule has 0 aliphatic rings. The van der Waals surface area contributed by atoms with Crippen LogP contribution in [0, 0.1) is 0 Å². The van der Waals surface area contributed by atoms with Gasteiger partial charge in [0, 0.05) is 6.07 Å². The fourth-order valence-electron chi connectivity index (χ4n) is 0.833. The number of aromatic nitrogens is 4. The van der Waals surface area contributed by atoms with Gasteiger partial charge in [0.15, 0.2) is 0 Å². The Bertz CT molecular complexity index is 369. The highest BCUT2D eigenvalue weighted by atomic mass is 16.5. The van der Waals surface area contributed by atoms with Crippen LogP contribution in [0.2, 0.25) is 0 Å². The van der Waals surface area contributed by atoms with Crippen LogP contribution in [-0.2, 0) is 0 Å². The number of aromatic amines is 1. The average Bonchev–Trinajstić information content (AvgIpc) is 2.50. The van der Waals surface area contributed by atoms with Crippen molar-refractivity contribution in [3.63, 3.8) is 0 Å². The van der Waals surface area contributed by atoms with E-state index < -0.39 is 0 Å². The first-order valence-electron chi connectivity index (χ1n) is 3.11. The minimum atomic E-state index is 0.548. The Balaban J connectivity index is 2.67. The number of pyridine rings is 1. The standard InChI is InChI=1S/C6H6N4O/c1-11-5-3-2-4-6(7-5)9-10-8-4/h2-3H,1H3,(H,7,8,9,10). The number of fused-ring (bicyclic) bond motifs is 1. The molecule has 0 bridgehead atoms. The number of nitrogens with one attached hydrogen (secondary N) is 1. The van der Waals surface area contributed by atoms with Crippen LogP contribution in [0.3, 0.4) is 0 Å². The van der Waals surface area contributed by atoms with Gasteiger partial charge >= 0.3 is 0 Å². The maximum absolute atomic E-state index is 4.90. The van der Waals surface area contributed by atoms with Crippen LogP contribution < -0.4 is 4.74 Å². The number of ether oxygens (including phenoxy) is 1. The number of hydrogen-bond donors (Lipinski definition) is 1. The Morgan fingerprint density at radius 2 is 2.27 bits per heavy atom. The average molecular weight is 150 g/mol. The molecular weight excluding hydrogens is 144 g/mol. The number of hydrogen-bond acceptors (Lipinski definition) is 4. The van der Waals surface area contributed by atoms with Crippen molar-refractivity contribution in [2.24, 2.45) is 0 Å². The normalized spacial score (nSPS) is 10.3. The van der Waals surface area contributed by atoms with Crippen LogP contribution in [-0.4, -0.2) is 27.5 Å². The van der Waals surface area contributed by atoms with Crippen LogP contribution in [0.15, 0.2) is 12.1 Å². The fraction of sp³-hybridized carbons (Fsp3) is 0.167. The van der Waals surface area contributed by atoms with E-state index in [0.717, 1.165) is 5.52 Å². The van der Waals surface area contributed by atoms with Crippen molar-refractivity contribution >= 4 is 11.2 Å². The highest BCUT2D eigenvalue weighted by Crippen LogP contribution is 2.10. The molecule has 0 aliphatic heterocycles. The molecule has 0 atom stereocenters. The first-order valence-corrected chi connectivity index (χ1v) is 3.11. The van der Waals surface area contributed by atoms with Gasteiger partial charge < -0.3 is 4.74 Å². The van der Waals surface area contributed by atoms with Crippen LogP contribution in [0.4, 0.5) is 0 Å². The van der Waals surface area contributed by atoms with Gasteiger partial charge in [-0.1, -0.05) is 0 Å². The maximum atomic E-state index is 4.90. The number of rotatable bonds is 1. The van der Waals surface area contributed by atoms with Crippen LogP contribution in [0.5, 0.6) is 5.88 Å². The molecule has 0 saturated heterocycles. The Morgan fingerprint density at radius 1 is 1.36 bits per heavy atom. The summed E-state index contributed by atoms with van der Waals surface area (Å²) in [7, 11) is 1.56. The molecule has 2 rings (SSSR count). The van der Waals surface area contributed by atoms with Crippen LogP contribution in [0.1, 0.15) is 0 Å². The lowest BCUT2D eigenvalue weighted by Gasteiger charge is -1.94. The second kappa shape index (κ2) is 2.19. The summed E-state index contributed by atoms with van der Waals surface area (Å²) in [5.41, 5.74) is 1.31. The molecule has 0 aromatic carbocycles. The molecule has 0 spiro atoms. The Morgan fingerprint density at radius 3 is 3.09 bits per heavy atom. The number of nitrogens with zero attached hydrogens (tertiary/aromatic N) is 3. The molecule has 2 aromatic heterocycles. The summed E-state index contributed by atoms with van der Waals surface area (Å²) in [4.78, 5) is 4.03. The van der Waals surface area contributed by atoms with E-state index in [1.165, 1.54) is 0 Å². The SMILES string of the molecule is COc1ccc2n[nH]nc2n1. The second-order valence-electron chi connectivity index (χ2n) is 2.02. The summed E-state index contributed by atoms with van der Waals surface area (Å²) >= 11 is 0. The van der Waals surface area contributed by atoms with Gasteiger partial charge in [-0.2, -0.15) is 15.3 Å². The van der Waals surface area contributed by atoms with E-state index in [1.54, 1.807) is 19.2 Å². The summed E-state index contributed by atoms with van der Waals surface area (Å²) < 4.78 is 4.90. The zero-order valence-electron chi connectivity index (χ0n) is 5.90. The van der Waals surface area contributed by atoms with Crippen molar-refractivity contribution in [3.05, 3.63) is 12.1 Å². The minimum Gasteiger partial charge on any atom is -0.481 e. The maximum Gasteiger partial charge on any atom is 0.215 e. The summed E-state index contributed by atoms with van der Waals surface area (Å²) in [6, 6.07) is 3.54. The fourth-order valence-corrected chi connectivity index (χ4v) is 0.833. The quantitative estimate of drug-likeness (QED) is 0.637. The van der Waals surface area contributed by atoms with Gasteiger partial charge in [-0.25, -0.2) is 0 Å². The van der Waals surface area contributed by atoms with E-state index in [0.29, 0.717) is 11.5 Å². The summed E-state index contributed by atoms with van der Waals surface area (Å²) in [5.74, 6) is 0.548. The molecule has 56 valence electrons. The zero-order chi connectivity index (χ0) is 7.68.